The number of unbranched alkanes of at least 4 members (excludes halogenated alkanes) is 32. The summed E-state index contributed by atoms with van der Waals surface area (Å²) in [7, 11) is 0. The maximum atomic E-state index is 12.9. The van der Waals surface area contributed by atoms with Crippen LogP contribution >= 0.6 is 0 Å². The molecule has 0 N–H and O–H groups in total. The van der Waals surface area contributed by atoms with Gasteiger partial charge in [0.25, 0.3) is 0 Å². The van der Waals surface area contributed by atoms with Crippen molar-refractivity contribution in [2.75, 3.05) is 13.2 Å². The lowest BCUT2D eigenvalue weighted by Gasteiger charge is -2.18. The zero-order valence-corrected chi connectivity index (χ0v) is 54.4. The van der Waals surface area contributed by atoms with Crippen LogP contribution in [0.4, 0.5) is 0 Å². The summed E-state index contributed by atoms with van der Waals surface area (Å²) in [4.78, 5) is 38.2. The molecule has 0 saturated carbocycles. The van der Waals surface area contributed by atoms with E-state index in [2.05, 4.69) is 142 Å². The average molecular weight is 1150 g/mol. The van der Waals surface area contributed by atoms with Crippen molar-refractivity contribution in [3.8, 4) is 0 Å². The summed E-state index contributed by atoms with van der Waals surface area (Å²) < 4.78 is 16.9. The van der Waals surface area contributed by atoms with Gasteiger partial charge in [-0.25, -0.2) is 0 Å². The molecule has 0 aliphatic rings. The fraction of sp³-hybridized carbons (Fsp3) is 0.701. The highest BCUT2D eigenvalue weighted by molar-refractivity contribution is 5.71. The second-order valence-electron chi connectivity index (χ2n) is 23.0. The van der Waals surface area contributed by atoms with E-state index in [-0.39, 0.29) is 31.1 Å². The Labute approximate surface area is 513 Å². The lowest BCUT2D eigenvalue weighted by atomic mass is 10.0. The standard InChI is InChI=1S/C77H130O6/c1-4-7-10-13-16-18-20-22-24-26-28-30-32-34-36-37-38-39-41-42-44-46-48-50-52-54-56-58-61-64-67-70-76(79)82-73-74(72-81-75(78)69-66-63-60-15-12-9-6-3)83-77(80)71-68-65-62-59-57-55-53-51-49-47-45-43-40-35-33-31-29-27-25-23-21-19-17-14-11-8-5-2/h7-8,10-11,16-19,22-25,28-31,34-36,40,74H,4-6,9,12-15,20-21,26-27,32-33,37-39,41-73H2,1-3H3/b10-7-,11-8-,18-16-,19-17-,24-22-,25-23-,30-28-,31-29-,36-34-,40-35-. The molecule has 0 spiro atoms. The normalized spacial score (nSPS) is 12.9. The molecule has 83 heavy (non-hydrogen) atoms. The van der Waals surface area contributed by atoms with Crippen LogP contribution in [0.2, 0.25) is 0 Å². The molecule has 0 saturated heterocycles. The minimum absolute atomic E-state index is 0.0773. The van der Waals surface area contributed by atoms with Crippen molar-refractivity contribution in [3.05, 3.63) is 122 Å². The van der Waals surface area contributed by atoms with Crippen LogP contribution in [0.3, 0.4) is 0 Å². The van der Waals surface area contributed by atoms with Crippen LogP contribution in [-0.2, 0) is 28.6 Å². The second-order valence-corrected chi connectivity index (χ2v) is 23.0. The van der Waals surface area contributed by atoms with Gasteiger partial charge in [0.1, 0.15) is 13.2 Å². The summed E-state index contributed by atoms with van der Waals surface area (Å²) in [5, 5.41) is 0. The second kappa shape index (κ2) is 70.3. The van der Waals surface area contributed by atoms with Gasteiger partial charge in [-0.05, 0) is 109 Å². The molecule has 0 aromatic carbocycles. The first kappa shape index (κ1) is 78.8. The van der Waals surface area contributed by atoms with Gasteiger partial charge in [-0.2, -0.15) is 0 Å². The number of allylic oxidation sites excluding steroid dienone is 20. The Morgan fingerprint density at radius 1 is 0.253 bits per heavy atom. The lowest BCUT2D eigenvalue weighted by Crippen LogP contribution is -2.30. The van der Waals surface area contributed by atoms with E-state index in [1.54, 1.807) is 0 Å². The number of hydrogen-bond donors (Lipinski definition) is 0. The molecule has 0 heterocycles. The van der Waals surface area contributed by atoms with Crippen molar-refractivity contribution in [2.24, 2.45) is 0 Å². The summed E-state index contributed by atoms with van der Waals surface area (Å²) in [6, 6.07) is 0. The van der Waals surface area contributed by atoms with E-state index in [1.807, 2.05) is 0 Å². The topological polar surface area (TPSA) is 78.9 Å². The Morgan fingerprint density at radius 3 is 0.735 bits per heavy atom. The number of carbonyl (C=O) groups excluding carboxylic acids is 3. The molecule has 0 aromatic rings. The van der Waals surface area contributed by atoms with Crippen LogP contribution in [0.1, 0.15) is 329 Å². The molecule has 0 aliphatic carbocycles. The quantitative estimate of drug-likeness (QED) is 0.0261. The monoisotopic (exact) mass is 1150 g/mol. The molecule has 0 radical (unpaired) electrons. The SMILES string of the molecule is CC/C=C\C/C=C\C/C=C\C/C=C\C/C=C\CCCCCCCCCCCCCCCCCC(=O)OCC(COC(=O)CCCCCCCCC)OC(=O)CCCCCCCCCCCCC/C=C\C/C=C\C/C=C\C/C=C\C/C=C\CC. The van der Waals surface area contributed by atoms with Gasteiger partial charge in [-0.1, -0.05) is 322 Å². The molecule has 0 rings (SSSR count). The predicted molar refractivity (Wildman–Crippen MR) is 362 cm³/mol. The molecule has 0 aliphatic heterocycles. The van der Waals surface area contributed by atoms with Crippen LogP contribution in [0.5, 0.6) is 0 Å². The predicted octanol–water partition coefficient (Wildman–Crippen LogP) is 24.3. The smallest absolute Gasteiger partial charge is 0.306 e. The minimum atomic E-state index is -0.779. The van der Waals surface area contributed by atoms with E-state index in [0.29, 0.717) is 19.3 Å². The van der Waals surface area contributed by atoms with E-state index < -0.39 is 6.10 Å². The summed E-state index contributed by atoms with van der Waals surface area (Å²) in [5.74, 6) is -0.877. The van der Waals surface area contributed by atoms with Gasteiger partial charge < -0.3 is 14.2 Å². The molecule has 0 amide bonds. The number of esters is 3. The first-order valence-corrected chi connectivity index (χ1v) is 35.0. The van der Waals surface area contributed by atoms with Gasteiger partial charge in [0.2, 0.25) is 0 Å². The van der Waals surface area contributed by atoms with Crippen LogP contribution in [0.25, 0.3) is 0 Å². The van der Waals surface area contributed by atoms with Crippen molar-refractivity contribution >= 4 is 17.9 Å². The molecule has 0 fully saturated rings. The highest BCUT2D eigenvalue weighted by Crippen LogP contribution is 2.17. The molecular weight excluding hydrogens is 1020 g/mol. The fourth-order valence-corrected chi connectivity index (χ4v) is 9.79. The van der Waals surface area contributed by atoms with Gasteiger partial charge >= 0.3 is 17.9 Å². The number of carbonyl (C=O) groups is 3. The molecule has 474 valence electrons. The van der Waals surface area contributed by atoms with Gasteiger partial charge in [0.15, 0.2) is 6.10 Å². The third-order valence-corrected chi connectivity index (χ3v) is 15.0. The highest BCUT2D eigenvalue weighted by atomic mass is 16.6. The van der Waals surface area contributed by atoms with E-state index >= 15 is 0 Å². The Kier molecular flexibility index (Phi) is 66.7. The maximum absolute atomic E-state index is 12.9. The third kappa shape index (κ3) is 68.5. The summed E-state index contributed by atoms with van der Waals surface area (Å²) in [6.07, 6.45) is 98.2. The van der Waals surface area contributed by atoms with Crippen LogP contribution in [0.15, 0.2) is 122 Å². The minimum Gasteiger partial charge on any atom is -0.462 e. The largest absolute Gasteiger partial charge is 0.462 e. The van der Waals surface area contributed by atoms with E-state index in [4.69, 9.17) is 14.2 Å². The molecule has 1 unspecified atom stereocenters. The van der Waals surface area contributed by atoms with Gasteiger partial charge in [0.05, 0.1) is 0 Å². The Balaban J connectivity index is 4.08. The van der Waals surface area contributed by atoms with Crippen molar-refractivity contribution in [2.45, 2.75) is 335 Å². The zero-order valence-electron chi connectivity index (χ0n) is 54.4. The van der Waals surface area contributed by atoms with Crippen LogP contribution in [-0.4, -0.2) is 37.2 Å². The van der Waals surface area contributed by atoms with Crippen molar-refractivity contribution < 1.29 is 28.6 Å². The number of hydrogen-bond acceptors (Lipinski definition) is 6. The maximum Gasteiger partial charge on any atom is 0.306 e. The average Bonchev–Trinajstić information content (AvgIpc) is 3.50. The first-order valence-electron chi connectivity index (χ1n) is 35.0. The van der Waals surface area contributed by atoms with E-state index in [0.717, 1.165) is 122 Å². The summed E-state index contributed by atoms with van der Waals surface area (Å²) in [6.45, 7) is 6.40. The third-order valence-electron chi connectivity index (χ3n) is 15.0. The van der Waals surface area contributed by atoms with Gasteiger partial charge in [-0.3, -0.25) is 14.4 Å². The van der Waals surface area contributed by atoms with Crippen LogP contribution < -0.4 is 0 Å². The van der Waals surface area contributed by atoms with Crippen molar-refractivity contribution in [1.82, 2.24) is 0 Å². The summed E-state index contributed by atoms with van der Waals surface area (Å²) >= 11 is 0. The Bertz CT molecular complexity index is 1700. The Morgan fingerprint density at radius 2 is 0.470 bits per heavy atom. The molecular formula is C77H130O6. The zero-order chi connectivity index (χ0) is 59.9. The molecule has 1 atom stereocenters. The highest BCUT2D eigenvalue weighted by Gasteiger charge is 2.19. The molecule has 0 bridgehead atoms. The van der Waals surface area contributed by atoms with Gasteiger partial charge in [0, 0.05) is 19.3 Å². The van der Waals surface area contributed by atoms with Crippen LogP contribution in [0, 0.1) is 0 Å². The molecule has 0 aromatic heterocycles. The van der Waals surface area contributed by atoms with Crippen molar-refractivity contribution in [3.63, 3.8) is 0 Å². The number of rotatable bonds is 63. The van der Waals surface area contributed by atoms with Gasteiger partial charge in [-0.15, -0.1) is 0 Å². The lowest BCUT2D eigenvalue weighted by molar-refractivity contribution is -0.167. The van der Waals surface area contributed by atoms with E-state index in [1.165, 1.54) is 167 Å². The summed E-state index contributed by atoms with van der Waals surface area (Å²) in [5.41, 5.74) is 0. The Hall–Kier alpha value is -4.19. The first-order chi connectivity index (χ1) is 41.0. The molecule has 6 nitrogen and oxygen atoms in total. The number of ether oxygens (including phenoxy) is 3. The fourth-order valence-electron chi connectivity index (χ4n) is 9.79. The molecule has 6 heteroatoms. The van der Waals surface area contributed by atoms with Crippen molar-refractivity contribution in [1.29, 1.82) is 0 Å². The van der Waals surface area contributed by atoms with E-state index in [9.17, 15) is 14.4 Å².